The summed E-state index contributed by atoms with van der Waals surface area (Å²) in [5.74, 6) is 1.06. The van der Waals surface area contributed by atoms with Crippen molar-refractivity contribution in [3.05, 3.63) is 83.9 Å². The Labute approximate surface area is 194 Å². The molecule has 2 amide bonds. The van der Waals surface area contributed by atoms with Gasteiger partial charge >= 0.3 is 5.24 Å². The van der Waals surface area contributed by atoms with Crippen LogP contribution in [0.15, 0.2) is 72.2 Å². The molecule has 1 atom stereocenters. The number of amides is 2. The quantitative estimate of drug-likeness (QED) is 0.572. The highest BCUT2D eigenvalue weighted by Gasteiger charge is 2.32. The van der Waals surface area contributed by atoms with Crippen LogP contribution in [-0.2, 0) is 0 Å². The van der Waals surface area contributed by atoms with Crippen LogP contribution in [0.3, 0.4) is 0 Å². The summed E-state index contributed by atoms with van der Waals surface area (Å²) < 4.78 is 10.7. The molecule has 1 unspecified atom stereocenters. The van der Waals surface area contributed by atoms with E-state index in [0.717, 1.165) is 17.3 Å². The summed E-state index contributed by atoms with van der Waals surface area (Å²) >= 11 is 1.10. The van der Waals surface area contributed by atoms with E-state index in [9.17, 15) is 9.59 Å². The van der Waals surface area contributed by atoms with Crippen molar-refractivity contribution in [3.8, 4) is 11.5 Å². The van der Waals surface area contributed by atoms with Crippen molar-refractivity contribution in [2.24, 2.45) is 5.10 Å². The summed E-state index contributed by atoms with van der Waals surface area (Å²) in [5.41, 5.74) is 2.28. The van der Waals surface area contributed by atoms with Gasteiger partial charge in [-0.15, -0.1) is 0 Å². The minimum absolute atomic E-state index is 0.139. The van der Waals surface area contributed by atoms with Gasteiger partial charge in [0.2, 0.25) is 0 Å². The lowest BCUT2D eigenvalue weighted by Crippen LogP contribution is -2.43. The van der Waals surface area contributed by atoms with E-state index in [1.165, 1.54) is 23.6 Å². The molecule has 1 aliphatic heterocycles. The smallest absolute Gasteiger partial charge is 0.304 e. The molecule has 33 heavy (non-hydrogen) atoms. The summed E-state index contributed by atoms with van der Waals surface area (Å²) in [6.07, 6.45) is 3.44. The zero-order chi connectivity index (χ0) is 23.2. The lowest BCUT2D eigenvalue weighted by molar-refractivity contribution is 0.0882. The predicted octanol–water partition coefficient (Wildman–Crippen LogP) is 3.50. The fourth-order valence-electron chi connectivity index (χ4n) is 3.25. The third-order valence-corrected chi connectivity index (χ3v) is 5.74. The van der Waals surface area contributed by atoms with Crippen LogP contribution in [0.2, 0.25) is 0 Å². The van der Waals surface area contributed by atoms with Crippen molar-refractivity contribution in [1.82, 2.24) is 20.3 Å². The fourth-order valence-corrected chi connectivity index (χ4v) is 4.01. The van der Waals surface area contributed by atoms with Gasteiger partial charge in [-0.2, -0.15) is 10.1 Å². The van der Waals surface area contributed by atoms with E-state index >= 15 is 0 Å². The molecule has 168 valence electrons. The second-order valence-electron chi connectivity index (χ2n) is 6.89. The summed E-state index contributed by atoms with van der Waals surface area (Å²) in [5, 5.41) is 8.48. The van der Waals surface area contributed by atoms with Gasteiger partial charge in [0.25, 0.3) is 5.91 Å². The van der Waals surface area contributed by atoms with Crippen LogP contribution >= 0.6 is 11.8 Å². The van der Waals surface area contributed by atoms with Crippen LogP contribution < -0.4 is 14.8 Å². The molecule has 0 saturated heterocycles. The number of hydrazone groups is 1. The first-order chi connectivity index (χ1) is 16.1. The molecule has 2 aromatic carbocycles. The summed E-state index contributed by atoms with van der Waals surface area (Å²) in [4.78, 5) is 33.7. The van der Waals surface area contributed by atoms with E-state index in [4.69, 9.17) is 9.47 Å². The predicted molar refractivity (Wildman–Crippen MR) is 124 cm³/mol. The van der Waals surface area contributed by atoms with Crippen LogP contribution in [-0.4, -0.2) is 51.8 Å². The topological polar surface area (TPSA) is 106 Å². The SMILES string of the molecule is COc1ccc(C2=NN(C(NC(=O)c3cnccn3)c3ccccc3)C(=O)SC2)cc1OC. The summed E-state index contributed by atoms with van der Waals surface area (Å²) in [7, 11) is 3.12. The molecule has 0 saturated carbocycles. The van der Waals surface area contributed by atoms with Crippen molar-refractivity contribution >= 4 is 28.6 Å². The van der Waals surface area contributed by atoms with Crippen molar-refractivity contribution in [2.75, 3.05) is 20.0 Å². The monoisotopic (exact) mass is 463 g/mol. The number of carbonyl (C=O) groups is 2. The van der Waals surface area contributed by atoms with Crippen LogP contribution in [0.4, 0.5) is 4.79 Å². The molecule has 10 heteroatoms. The molecule has 1 aliphatic rings. The lowest BCUT2D eigenvalue weighted by atomic mass is 10.1. The third-order valence-electron chi connectivity index (χ3n) is 4.89. The number of rotatable bonds is 7. The fraction of sp³-hybridized carbons (Fsp3) is 0.174. The highest BCUT2D eigenvalue weighted by atomic mass is 32.2. The van der Waals surface area contributed by atoms with E-state index in [0.29, 0.717) is 28.5 Å². The average molecular weight is 464 g/mol. The number of nitrogens with one attached hydrogen (secondary N) is 1. The number of thioether (sulfide) groups is 1. The summed E-state index contributed by atoms with van der Waals surface area (Å²) in [6.45, 7) is 0. The molecule has 0 aliphatic carbocycles. The Kier molecular flexibility index (Phi) is 6.84. The molecule has 0 fully saturated rings. The van der Waals surface area contributed by atoms with Crippen molar-refractivity contribution in [1.29, 1.82) is 0 Å². The van der Waals surface area contributed by atoms with Gasteiger partial charge in [-0.05, 0) is 23.8 Å². The first-order valence-corrected chi connectivity index (χ1v) is 11.0. The van der Waals surface area contributed by atoms with Gasteiger partial charge in [0.05, 0.1) is 26.1 Å². The second kappa shape index (κ2) is 10.1. The van der Waals surface area contributed by atoms with Crippen molar-refractivity contribution in [2.45, 2.75) is 6.17 Å². The number of benzene rings is 2. The number of methoxy groups -OCH3 is 2. The van der Waals surface area contributed by atoms with Crippen LogP contribution in [0.25, 0.3) is 0 Å². The first kappa shape index (κ1) is 22.3. The first-order valence-electron chi connectivity index (χ1n) is 9.98. The van der Waals surface area contributed by atoms with Crippen LogP contribution in [0.1, 0.15) is 27.8 Å². The molecule has 0 spiro atoms. The zero-order valence-electron chi connectivity index (χ0n) is 18.0. The molecular weight excluding hydrogens is 442 g/mol. The Morgan fingerprint density at radius 2 is 1.88 bits per heavy atom. The number of ether oxygens (including phenoxy) is 2. The standard InChI is InChI=1S/C23H21N5O4S/c1-31-19-9-8-16(12-20(19)32-2)18-14-33-23(30)28(27-18)21(15-6-4-3-5-7-15)26-22(29)17-13-24-10-11-25-17/h3-13,21H,14H2,1-2H3,(H,26,29). The van der Waals surface area contributed by atoms with E-state index < -0.39 is 12.1 Å². The minimum atomic E-state index is -0.837. The molecule has 0 bridgehead atoms. The van der Waals surface area contributed by atoms with Crippen molar-refractivity contribution < 1.29 is 19.1 Å². The normalized spacial score (nSPS) is 14.3. The van der Waals surface area contributed by atoms with Gasteiger partial charge in [0.1, 0.15) is 5.69 Å². The van der Waals surface area contributed by atoms with E-state index in [1.54, 1.807) is 20.3 Å². The zero-order valence-corrected chi connectivity index (χ0v) is 18.8. The molecule has 2 heterocycles. The van der Waals surface area contributed by atoms with Gasteiger partial charge < -0.3 is 14.8 Å². The minimum Gasteiger partial charge on any atom is -0.493 e. The number of aromatic nitrogens is 2. The number of hydrogen-bond donors (Lipinski definition) is 1. The maximum absolute atomic E-state index is 12.9. The average Bonchev–Trinajstić information content (AvgIpc) is 2.88. The summed E-state index contributed by atoms with van der Waals surface area (Å²) in [6, 6.07) is 14.6. The Balaban J connectivity index is 1.71. The molecule has 3 aromatic rings. The van der Waals surface area contributed by atoms with Crippen LogP contribution in [0.5, 0.6) is 11.5 Å². The highest BCUT2D eigenvalue weighted by molar-refractivity contribution is 8.14. The Bertz CT molecular complexity index is 1170. The molecule has 1 aromatic heterocycles. The maximum Gasteiger partial charge on any atom is 0.304 e. The Morgan fingerprint density at radius 1 is 1.09 bits per heavy atom. The van der Waals surface area contributed by atoms with Gasteiger partial charge in [-0.3, -0.25) is 14.6 Å². The Hall–Kier alpha value is -3.92. The van der Waals surface area contributed by atoms with Gasteiger partial charge in [0, 0.05) is 23.7 Å². The molecule has 1 N–H and O–H groups in total. The van der Waals surface area contributed by atoms with Crippen LogP contribution in [0, 0.1) is 0 Å². The van der Waals surface area contributed by atoms with E-state index in [1.807, 2.05) is 42.5 Å². The van der Waals surface area contributed by atoms with Gasteiger partial charge in [-0.1, -0.05) is 42.1 Å². The lowest BCUT2D eigenvalue weighted by Gasteiger charge is -2.31. The Morgan fingerprint density at radius 3 is 2.58 bits per heavy atom. The molecule has 9 nitrogen and oxygen atoms in total. The number of carbonyl (C=O) groups excluding carboxylic acids is 2. The largest absolute Gasteiger partial charge is 0.493 e. The van der Waals surface area contributed by atoms with Gasteiger partial charge in [0.15, 0.2) is 17.7 Å². The second-order valence-corrected chi connectivity index (χ2v) is 7.82. The number of hydrogen-bond acceptors (Lipinski definition) is 8. The van der Waals surface area contributed by atoms with E-state index in [-0.39, 0.29) is 10.9 Å². The van der Waals surface area contributed by atoms with E-state index in [2.05, 4.69) is 20.4 Å². The molecular formula is C23H21N5O4S. The van der Waals surface area contributed by atoms with Crippen molar-refractivity contribution in [3.63, 3.8) is 0 Å². The maximum atomic E-state index is 12.9. The number of nitrogens with zero attached hydrogens (tertiary/aromatic N) is 4. The third kappa shape index (κ3) is 4.96. The van der Waals surface area contributed by atoms with Gasteiger partial charge in [-0.25, -0.2) is 4.98 Å². The molecule has 0 radical (unpaired) electrons. The highest BCUT2D eigenvalue weighted by Crippen LogP contribution is 2.31. The molecule has 4 rings (SSSR count).